The summed E-state index contributed by atoms with van der Waals surface area (Å²) in [5.41, 5.74) is 3.24. The summed E-state index contributed by atoms with van der Waals surface area (Å²) in [4.78, 5) is 29.6. The number of fused-ring (bicyclic) bond motifs is 1. The standard InChI is InChI=1S/C32H29N5O4S/c1-40-26-9-4-8-23(20-26)31(39)37-18-16-36(17-19-37)25-14-12-24(13-15-25)33-29(38)21-42-32-35-34-30(41-32)28-11-5-7-22-6-2-3-10-27(22)28/h2-15,20H,16-19,21H2,1H3,(H,33,38). The van der Waals surface area contributed by atoms with Crippen LogP contribution in [0.15, 0.2) is 101 Å². The SMILES string of the molecule is COc1cccc(C(=O)N2CCN(c3ccc(NC(=O)CSc4nnc(-c5cccc6ccccc56)o4)cc3)CC2)c1. The van der Waals surface area contributed by atoms with Gasteiger partial charge in [0, 0.05) is 48.7 Å². The molecule has 9 nitrogen and oxygen atoms in total. The van der Waals surface area contributed by atoms with E-state index in [9.17, 15) is 9.59 Å². The Morgan fingerprint density at radius 1 is 0.905 bits per heavy atom. The van der Waals surface area contributed by atoms with E-state index in [0.29, 0.717) is 41.2 Å². The third kappa shape index (κ3) is 6.08. The highest BCUT2D eigenvalue weighted by Crippen LogP contribution is 2.30. The van der Waals surface area contributed by atoms with Crippen LogP contribution >= 0.6 is 11.8 Å². The third-order valence-electron chi connectivity index (χ3n) is 7.15. The molecule has 0 spiro atoms. The van der Waals surface area contributed by atoms with Crippen molar-refractivity contribution < 1.29 is 18.7 Å². The number of amides is 2. The summed E-state index contributed by atoms with van der Waals surface area (Å²) >= 11 is 1.20. The molecule has 0 radical (unpaired) electrons. The Balaban J connectivity index is 0.990. The van der Waals surface area contributed by atoms with Crippen LogP contribution in [-0.2, 0) is 4.79 Å². The average molecular weight is 580 g/mol. The molecule has 1 aliphatic heterocycles. The maximum atomic E-state index is 12.9. The Morgan fingerprint density at radius 2 is 1.67 bits per heavy atom. The zero-order chi connectivity index (χ0) is 28.9. The van der Waals surface area contributed by atoms with Gasteiger partial charge in [-0.2, -0.15) is 0 Å². The number of ether oxygens (including phenoxy) is 1. The lowest BCUT2D eigenvalue weighted by Crippen LogP contribution is -2.48. The molecule has 1 N–H and O–H groups in total. The molecule has 0 aliphatic carbocycles. The lowest BCUT2D eigenvalue weighted by molar-refractivity contribution is -0.113. The minimum Gasteiger partial charge on any atom is -0.497 e. The van der Waals surface area contributed by atoms with E-state index in [4.69, 9.17) is 9.15 Å². The van der Waals surface area contributed by atoms with Gasteiger partial charge < -0.3 is 24.3 Å². The van der Waals surface area contributed by atoms with Crippen molar-refractivity contribution in [2.24, 2.45) is 0 Å². The number of piperazine rings is 1. The Morgan fingerprint density at radius 3 is 2.48 bits per heavy atom. The number of hydrogen-bond donors (Lipinski definition) is 1. The largest absolute Gasteiger partial charge is 0.497 e. The number of nitrogens with zero attached hydrogens (tertiary/aromatic N) is 4. The van der Waals surface area contributed by atoms with Crippen molar-refractivity contribution >= 4 is 45.7 Å². The minimum atomic E-state index is -0.165. The average Bonchev–Trinajstić information content (AvgIpc) is 3.52. The fraction of sp³-hybridized carbons (Fsp3) is 0.188. The number of anilines is 2. The van der Waals surface area contributed by atoms with Crippen LogP contribution in [0, 0.1) is 0 Å². The van der Waals surface area contributed by atoms with Gasteiger partial charge in [0.15, 0.2) is 0 Å². The summed E-state index contributed by atoms with van der Waals surface area (Å²) < 4.78 is 11.1. The monoisotopic (exact) mass is 579 g/mol. The van der Waals surface area contributed by atoms with Crippen LogP contribution in [0.1, 0.15) is 10.4 Å². The molecule has 42 heavy (non-hydrogen) atoms. The van der Waals surface area contributed by atoms with Crippen LogP contribution in [0.4, 0.5) is 11.4 Å². The Hall–Kier alpha value is -4.83. The van der Waals surface area contributed by atoms with Gasteiger partial charge in [0.2, 0.25) is 11.8 Å². The molecule has 0 bridgehead atoms. The first-order chi connectivity index (χ1) is 20.6. The minimum absolute atomic E-state index is 0.00907. The van der Waals surface area contributed by atoms with Gasteiger partial charge >= 0.3 is 0 Å². The lowest BCUT2D eigenvalue weighted by atomic mass is 10.0. The first-order valence-corrected chi connectivity index (χ1v) is 14.6. The predicted octanol–water partition coefficient (Wildman–Crippen LogP) is 5.59. The van der Waals surface area contributed by atoms with Gasteiger partial charge in [-0.1, -0.05) is 54.2 Å². The molecule has 2 amide bonds. The smallest absolute Gasteiger partial charge is 0.277 e. The number of carbonyl (C=O) groups is 2. The molecule has 10 heteroatoms. The molecule has 1 aromatic heterocycles. The van der Waals surface area contributed by atoms with Gasteiger partial charge in [-0.25, -0.2) is 0 Å². The summed E-state index contributed by atoms with van der Waals surface area (Å²) in [7, 11) is 1.59. The second kappa shape index (κ2) is 12.4. The van der Waals surface area contributed by atoms with Crippen molar-refractivity contribution in [2.45, 2.75) is 5.22 Å². The van der Waals surface area contributed by atoms with Crippen LogP contribution in [0.3, 0.4) is 0 Å². The highest BCUT2D eigenvalue weighted by atomic mass is 32.2. The quantitative estimate of drug-likeness (QED) is 0.238. The van der Waals surface area contributed by atoms with Gasteiger partial charge in [0.1, 0.15) is 5.75 Å². The number of thioether (sulfide) groups is 1. The molecule has 4 aromatic carbocycles. The molecule has 5 aromatic rings. The molecular formula is C32H29N5O4S. The first kappa shape index (κ1) is 27.3. The van der Waals surface area contributed by atoms with Crippen molar-refractivity contribution in [1.29, 1.82) is 0 Å². The van der Waals surface area contributed by atoms with E-state index in [0.717, 1.165) is 35.1 Å². The van der Waals surface area contributed by atoms with Crippen molar-refractivity contribution in [3.05, 3.63) is 96.6 Å². The van der Waals surface area contributed by atoms with E-state index in [1.54, 1.807) is 13.2 Å². The maximum Gasteiger partial charge on any atom is 0.277 e. The molecular weight excluding hydrogens is 550 g/mol. The van der Waals surface area contributed by atoms with Crippen LogP contribution in [-0.4, -0.2) is 66.0 Å². The molecule has 2 heterocycles. The predicted molar refractivity (Wildman–Crippen MR) is 164 cm³/mol. The maximum absolute atomic E-state index is 12.9. The van der Waals surface area contributed by atoms with E-state index in [1.807, 2.05) is 89.8 Å². The van der Waals surface area contributed by atoms with Gasteiger partial charge in [-0.05, 0) is 59.3 Å². The number of methoxy groups -OCH3 is 1. The topological polar surface area (TPSA) is 101 Å². The van der Waals surface area contributed by atoms with Gasteiger partial charge in [0.05, 0.1) is 12.9 Å². The Kier molecular flexibility index (Phi) is 8.05. The third-order valence-corrected chi connectivity index (χ3v) is 7.97. The highest BCUT2D eigenvalue weighted by Gasteiger charge is 2.23. The van der Waals surface area contributed by atoms with E-state index in [-0.39, 0.29) is 17.6 Å². The van der Waals surface area contributed by atoms with Crippen molar-refractivity contribution in [2.75, 3.05) is 49.3 Å². The fourth-order valence-electron chi connectivity index (χ4n) is 4.98. The molecule has 0 saturated carbocycles. The van der Waals surface area contributed by atoms with Crippen LogP contribution < -0.4 is 15.0 Å². The Bertz CT molecular complexity index is 1710. The number of nitrogens with one attached hydrogen (secondary N) is 1. The number of carbonyl (C=O) groups excluding carboxylic acids is 2. The summed E-state index contributed by atoms with van der Waals surface area (Å²) in [5.74, 6) is 1.08. The second-order valence-electron chi connectivity index (χ2n) is 9.79. The van der Waals surface area contributed by atoms with Gasteiger partial charge in [-0.15, -0.1) is 10.2 Å². The number of benzene rings is 4. The molecule has 6 rings (SSSR count). The molecule has 212 valence electrons. The van der Waals surface area contributed by atoms with Gasteiger partial charge in [-0.3, -0.25) is 9.59 Å². The van der Waals surface area contributed by atoms with E-state index < -0.39 is 0 Å². The van der Waals surface area contributed by atoms with E-state index in [1.165, 1.54) is 11.8 Å². The van der Waals surface area contributed by atoms with Gasteiger partial charge in [0.25, 0.3) is 11.1 Å². The molecule has 1 fully saturated rings. The van der Waals surface area contributed by atoms with E-state index in [2.05, 4.69) is 20.4 Å². The number of rotatable bonds is 8. The number of hydrogen-bond acceptors (Lipinski definition) is 8. The Labute approximate surface area is 247 Å². The van der Waals surface area contributed by atoms with E-state index >= 15 is 0 Å². The molecule has 0 atom stereocenters. The van der Waals surface area contributed by atoms with Crippen molar-refractivity contribution in [3.63, 3.8) is 0 Å². The molecule has 0 unspecified atom stereocenters. The lowest BCUT2D eigenvalue weighted by Gasteiger charge is -2.36. The zero-order valence-corrected chi connectivity index (χ0v) is 23.8. The summed E-state index contributed by atoms with van der Waals surface area (Å²) in [6.07, 6.45) is 0. The molecule has 1 saturated heterocycles. The molecule has 1 aliphatic rings. The normalized spacial score (nSPS) is 13.3. The first-order valence-electron chi connectivity index (χ1n) is 13.6. The van der Waals surface area contributed by atoms with Crippen molar-refractivity contribution in [3.8, 4) is 17.2 Å². The second-order valence-corrected chi connectivity index (χ2v) is 10.7. The van der Waals surface area contributed by atoms with Crippen LogP contribution in [0.25, 0.3) is 22.2 Å². The van der Waals surface area contributed by atoms with Crippen LogP contribution in [0.2, 0.25) is 0 Å². The number of aromatic nitrogens is 2. The van der Waals surface area contributed by atoms with Crippen LogP contribution in [0.5, 0.6) is 5.75 Å². The zero-order valence-electron chi connectivity index (χ0n) is 23.0. The summed E-state index contributed by atoms with van der Waals surface area (Å²) in [6, 6.07) is 28.9. The fourth-order valence-corrected chi connectivity index (χ4v) is 5.54. The summed E-state index contributed by atoms with van der Waals surface area (Å²) in [6.45, 7) is 2.71. The highest BCUT2D eigenvalue weighted by molar-refractivity contribution is 7.99. The summed E-state index contributed by atoms with van der Waals surface area (Å²) in [5, 5.41) is 13.7. The van der Waals surface area contributed by atoms with Crippen molar-refractivity contribution in [1.82, 2.24) is 15.1 Å².